The molecule has 7 heteroatoms. The van der Waals surface area contributed by atoms with E-state index in [1.54, 1.807) is 24.3 Å². The molecular weight excluding hydrogens is 379 g/mol. The van der Waals surface area contributed by atoms with E-state index in [-0.39, 0.29) is 5.56 Å². The van der Waals surface area contributed by atoms with Gasteiger partial charge in [0.15, 0.2) is 11.6 Å². The van der Waals surface area contributed by atoms with Crippen LogP contribution >= 0.6 is 22.6 Å². The number of hydrogen-bond acceptors (Lipinski definition) is 3. The average molecular weight is 389 g/mol. The molecule has 0 saturated heterocycles. The highest BCUT2D eigenvalue weighted by molar-refractivity contribution is 14.1. The van der Waals surface area contributed by atoms with Gasteiger partial charge in [-0.3, -0.25) is 10.6 Å². The van der Waals surface area contributed by atoms with Crippen LogP contribution < -0.4 is 16.6 Å². The first-order valence-corrected chi connectivity index (χ1v) is 6.61. The third kappa shape index (κ3) is 3.23. The maximum Gasteiger partial charge on any atom is 0.255 e. The molecule has 4 N–H and O–H groups in total. The molecule has 0 fully saturated rings. The first-order chi connectivity index (χ1) is 9.51. The second-order valence-electron chi connectivity index (χ2n) is 3.92. The Kier molecular flexibility index (Phi) is 4.50. The molecular formula is C13H10F2IN3O. The van der Waals surface area contributed by atoms with Crippen LogP contribution in [0.1, 0.15) is 10.4 Å². The molecule has 0 bridgehead atoms. The molecule has 20 heavy (non-hydrogen) atoms. The molecule has 0 spiro atoms. The normalized spacial score (nSPS) is 10.2. The average Bonchev–Trinajstić information content (AvgIpc) is 2.41. The third-order valence-electron chi connectivity index (χ3n) is 2.55. The lowest BCUT2D eigenvalue weighted by atomic mass is 10.1. The summed E-state index contributed by atoms with van der Waals surface area (Å²) in [6.07, 6.45) is 0. The number of amides is 1. The smallest absolute Gasteiger partial charge is 0.255 e. The van der Waals surface area contributed by atoms with E-state index in [9.17, 15) is 13.6 Å². The SMILES string of the molecule is NNc1c(F)cc(C(=O)Nc2ccc(I)cc2)cc1F. The van der Waals surface area contributed by atoms with Crippen molar-refractivity contribution in [1.29, 1.82) is 0 Å². The van der Waals surface area contributed by atoms with Gasteiger partial charge in [-0.2, -0.15) is 0 Å². The van der Waals surface area contributed by atoms with Crippen molar-refractivity contribution in [2.24, 2.45) is 5.84 Å². The van der Waals surface area contributed by atoms with Gasteiger partial charge in [-0.15, -0.1) is 0 Å². The number of nitrogen functional groups attached to an aromatic ring is 1. The van der Waals surface area contributed by atoms with Crippen molar-refractivity contribution in [1.82, 2.24) is 0 Å². The number of halogens is 3. The third-order valence-corrected chi connectivity index (χ3v) is 3.27. The van der Waals surface area contributed by atoms with Gasteiger partial charge in [-0.1, -0.05) is 0 Å². The maximum atomic E-state index is 13.5. The van der Waals surface area contributed by atoms with Crippen LogP contribution in [0.3, 0.4) is 0 Å². The quantitative estimate of drug-likeness (QED) is 0.430. The predicted molar refractivity (Wildman–Crippen MR) is 81.3 cm³/mol. The lowest BCUT2D eigenvalue weighted by Crippen LogP contribution is -2.15. The fraction of sp³-hybridized carbons (Fsp3) is 0. The van der Waals surface area contributed by atoms with E-state index in [4.69, 9.17) is 5.84 Å². The minimum absolute atomic E-state index is 0.127. The number of hydrogen-bond donors (Lipinski definition) is 3. The molecule has 0 aliphatic heterocycles. The van der Waals surface area contributed by atoms with E-state index in [1.165, 1.54) is 0 Å². The van der Waals surface area contributed by atoms with Crippen LogP contribution in [0.2, 0.25) is 0 Å². The summed E-state index contributed by atoms with van der Waals surface area (Å²) in [5.41, 5.74) is 1.84. The monoisotopic (exact) mass is 389 g/mol. The number of nitrogens with one attached hydrogen (secondary N) is 2. The van der Waals surface area contributed by atoms with Crippen LogP contribution in [0, 0.1) is 15.2 Å². The summed E-state index contributed by atoms with van der Waals surface area (Å²) < 4.78 is 28.0. The molecule has 0 aliphatic rings. The van der Waals surface area contributed by atoms with Crippen LogP contribution in [0.25, 0.3) is 0 Å². The van der Waals surface area contributed by atoms with Crippen molar-refractivity contribution in [2.75, 3.05) is 10.7 Å². The topological polar surface area (TPSA) is 67.1 Å². The number of benzene rings is 2. The highest BCUT2D eigenvalue weighted by atomic mass is 127. The van der Waals surface area contributed by atoms with Gasteiger partial charge in [0.25, 0.3) is 5.91 Å². The summed E-state index contributed by atoms with van der Waals surface area (Å²) in [7, 11) is 0. The van der Waals surface area contributed by atoms with E-state index in [2.05, 4.69) is 27.9 Å². The Morgan fingerprint density at radius 3 is 2.15 bits per heavy atom. The van der Waals surface area contributed by atoms with Gasteiger partial charge >= 0.3 is 0 Å². The first kappa shape index (κ1) is 14.7. The Morgan fingerprint density at radius 2 is 1.65 bits per heavy atom. The largest absolute Gasteiger partial charge is 0.322 e. The summed E-state index contributed by atoms with van der Waals surface area (Å²) in [6.45, 7) is 0. The van der Waals surface area contributed by atoms with Crippen LogP contribution in [-0.4, -0.2) is 5.91 Å². The van der Waals surface area contributed by atoms with Crippen LogP contribution in [0.15, 0.2) is 36.4 Å². The van der Waals surface area contributed by atoms with Gasteiger partial charge in [0.2, 0.25) is 0 Å². The van der Waals surface area contributed by atoms with Crippen molar-refractivity contribution in [3.63, 3.8) is 0 Å². The Bertz CT molecular complexity index is 624. The van der Waals surface area contributed by atoms with Crippen LogP contribution in [-0.2, 0) is 0 Å². The number of hydrazine groups is 1. The van der Waals surface area contributed by atoms with Gasteiger partial charge < -0.3 is 10.7 Å². The van der Waals surface area contributed by atoms with Gasteiger partial charge in [0.1, 0.15) is 5.69 Å². The molecule has 0 heterocycles. The summed E-state index contributed by atoms with van der Waals surface area (Å²) in [5, 5.41) is 2.55. The minimum Gasteiger partial charge on any atom is -0.322 e. The number of rotatable bonds is 3. The molecule has 0 unspecified atom stereocenters. The summed E-state index contributed by atoms with van der Waals surface area (Å²) >= 11 is 2.13. The Hall–Kier alpha value is -1.74. The van der Waals surface area contributed by atoms with E-state index in [0.717, 1.165) is 15.7 Å². The molecule has 4 nitrogen and oxygen atoms in total. The summed E-state index contributed by atoms with van der Waals surface area (Å²) in [4.78, 5) is 11.9. The Balaban J connectivity index is 2.23. The number of carbonyl (C=O) groups is 1. The second kappa shape index (κ2) is 6.14. The Morgan fingerprint density at radius 1 is 1.10 bits per heavy atom. The van der Waals surface area contributed by atoms with Gasteiger partial charge in [-0.25, -0.2) is 8.78 Å². The molecule has 2 aromatic carbocycles. The molecule has 2 aromatic rings. The van der Waals surface area contributed by atoms with E-state index < -0.39 is 23.2 Å². The molecule has 2 rings (SSSR count). The van der Waals surface area contributed by atoms with Crippen LogP contribution in [0.5, 0.6) is 0 Å². The predicted octanol–water partition coefficient (Wildman–Crippen LogP) is 3.11. The fourth-order valence-electron chi connectivity index (χ4n) is 1.58. The van der Waals surface area contributed by atoms with Crippen molar-refractivity contribution in [3.05, 3.63) is 57.2 Å². The van der Waals surface area contributed by atoms with E-state index in [1.807, 2.05) is 5.43 Å². The highest BCUT2D eigenvalue weighted by Crippen LogP contribution is 2.20. The zero-order chi connectivity index (χ0) is 14.7. The highest BCUT2D eigenvalue weighted by Gasteiger charge is 2.14. The number of nitrogens with two attached hydrogens (primary N) is 1. The lowest BCUT2D eigenvalue weighted by Gasteiger charge is -2.08. The number of carbonyl (C=O) groups excluding carboxylic acids is 1. The lowest BCUT2D eigenvalue weighted by molar-refractivity contribution is 0.102. The van der Waals surface area contributed by atoms with Crippen molar-refractivity contribution < 1.29 is 13.6 Å². The van der Waals surface area contributed by atoms with Crippen LogP contribution in [0.4, 0.5) is 20.2 Å². The van der Waals surface area contributed by atoms with Gasteiger partial charge in [0.05, 0.1) is 0 Å². The molecule has 1 amide bonds. The Labute approximate surface area is 127 Å². The standard InChI is InChI=1S/C13H10F2IN3O/c14-10-5-7(6-11(15)12(10)19-17)13(20)18-9-3-1-8(16)2-4-9/h1-6,19H,17H2,(H,18,20). The van der Waals surface area contributed by atoms with Gasteiger partial charge in [-0.05, 0) is 59.0 Å². The summed E-state index contributed by atoms with van der Waals surface area (Å²) in [5.74, 6) is 2.52. The van der Waals surface area contributed by atoms with Crippen molar-refractivity contribution in [3.8, 4) is 0 Å². The van der Waals surface area contributed by atoms with Crippen molar-refractivity contribution >= 4 is 39.9 Å². The van der Waals surface area contributed by atoms with Crippen molar-refractivity contribution in [2.45, 2.75) is 0 Å². The van der Waals surface area contributed by atoms with E-state index >= 15 is 0 Å². The molecule has 0 aromatic heterocycles. The van der Waals surface area contributed by atoms with Gasteiger partial charge in [0, 0.05) is 14.8 Å². The molecule has 0 aliphatic carbocycles. The maximum absolute atomic E-state index is 13.5. The first-order valence-electron chi connectivity index (χ1n) is 5.54. The van der Waals surface area contributed by atoms with E-state index in [0.29, 0.717) is 5.69 Å². The fourth-order valence-corrected chi connectivity index (χ4v) is 1.94. The summed E-state index contributed by atoms with van der Waals surface area (Å²) in [6, 6.07) is 8.84. The zero-order valence-electron chi connectivity index (χ0n) is 10.1. The number of anilines is 2. The zero-order valence-corrected chi connectivity index (χ0v) is 12.2. The second-order valence-corrected chi connectivity index (χ2v) is 5.17. The molecule has 104 valence electrons. The minimum atomic E-state index is -0.930. The molecule has 0 atom stereocenters. The molecule has 0 radical (unpaired) electrons. The molecule has 0 saturated carbocycles.